The van der Waals surface area contributed by atoms with Gasteiger partial charge in [0.25, 0.3) is 6.29 Å². The second kappa shape index (κ2) is 6.97. The van der Waals surface area contributed by atoms with E-state index in [4.69, 9.17) is 14.2 Å². The van der Waals surface area contributed by atoms with E-state index in [-0.39, 0.29) is 11.5 Å². The molecule has 0 saturated heterocycles. The van der Waals surface area contributed by atoms with Crippen LogP contribution in [0.2, 0.25) is 0 Å². The van der Waals surface area contributed by atoms with E-state index in [0.717, 1.165) is 38.5 Å². The van der Waals surface area contributed by atoms with E-state index in [1.54, 1.807) is 0 Å². The van der Waals surface area contributed by atoms with Crippen molar-refractivity contribution >= 4 is 12.1 Å². The van der Waals surface area contributed by atoms with Gasteiger partial charge in [-0.15, -0.1) is 0 Å². The Labute approximate surface area is 162 Å². The van der Waals surface area contributed by atoms with Gasteiger partial charge in [-0.3, -0.25) is 4.79 Å². The smallest absolute Gasteiger partial charge is 0.427 e. The van der Waals surface area contributed by atoms with E-state index in [2.05, 4.69) is 20.8 Å². The highest BCUT2D eigenvalue weighted by Gasteiger charge is 2.55. The molecule has 4 rings (SSSR count). The fraction of sp³-hybridized carbons (Fsp3) is 0.909. The van der Waals surface area contributed by atoms with Crippen LogP contribution in [0, 0.1) is 41.4 Å². The third kappa shape index (κ3) is 3.25. The number of fused-ring (bicyclic) bond motifs is 4. The number of hydrogen-bond acceptors (Lipinski definition) is 5. The summed E-state index contributed by atoms with van der Waals surface area (Å²) >= 11 is 0. The molecule has 4 aliphatic carbocycles. The number of esters is 1. The van der Waals surface area contributed by atoms with Gasteiger partial charge in [0.1, 0.15) is 5.60 Å². The lowest BCUT2D eigenvalue weighted by Crippen LogP contribution is -2.43. The summed E-state index contributed by atoms with van der Waals surface area (Å²) in [6, 6.07) is 0. The van der Waals surface area contributed by atoms with Crippen LogP contribution in [0.25, 0.3) is 0 Å². The Kier molecular flexibility index (Phi) is 4.92. The van der Waals surface area contributed by atoms with Crippen LogP contribution in [0.1, 0.15) is 72.6 Å². The zero-order chi connectivity index (χ0) is 19.3. The summed E-state index contributed by atoms with van der Waals surface area (Å²) in [6.45, 7) is 8.05. The van der Waals surface area contributed by atoms with Crippen molar-refractivity contribution in [3.8, 4) is 0 Å². The van der Waals surface area contributed by atoms with Crippen molar-refractivity contribution < 1.29 is 23.8 Å². The average Bonchev–Trinajstić information content (AvgIpc) is 3.36. The SMILES string of the molecule is CCC1(OC(=O)OC(OC(C)=O)C2CC3CC2C(C)C3C)CC2CCC1C2. The molecule has 0 amide bonds. The fourth-order valence-corrected chi connectivity index (χ4v) is 6.98. The molecule has 0 radical (unpaired) electrons. The van der Waals surface area contributed by atoms with Crippen LogP contribution in [0.5, 0.6) is 0 Å². The first-order valence-corrected chi connectivity index (χ1v) is 10.9. The summed E-state index contributed by atoms with van der Waals surface area (Å²) in [5.74, 6) is 3.17. The lowest BCUT2D eigenvalue weighted by Gasteiger charge is -2.38. The molecule has 0 heterocycles. The second-order valence-corrected chi connectivity index (χ2v) is 9.72. The minimum Gasteiger partial charge on any atom is -0.427 e. The fourth-order valence-electron chi connectivity index (χ4n) is 6.98. The molecule has 0 N–H and O–H groups in total. The van der Waals surface area contributed by atoms with Crippen molar-refractivity contribution in [1.82, 2.24) is 0 Å². The first-order chi connectivity index (χ1) is 12.8. The van der Waals surface area contributed by atoms with Crippen LogP contribution < -0.4 is 0 Å². The van der Waals surface area contributed by atoms with Crippen LogP contribution in [0.3, 0.4) is 0 Å². The number of carbonyl (C=O) groups is 2. The van der Waals surface area contributed by atoms with Gasteiger partial charge in [0.05, 0.1) is 0 Å². The number of ether oxygens (including phenoxy) is 3. The van der Waals surface area contributed by atoms with Gasteiger partial charge in [0, 0.05) is 12.8 Å². The van der Waals surface area contributed by atoms with Crippen LogP contribution in [-0.2, 0) is 19.0 Å². The van der Waals surface area contributed by atoms with E-state index >= 15 is 0 Å². The van der Waals surface area contributed by atoms with Gasteiger partial charge >= 0.3 is 12.1 Å². The van der Waals surface area contributed by atoms with Crippen LogP contribution >= 0.6 is 0 Å². The van der Waals surface area contributed by atoms with Crippen LogP contribution in [-0.4, -0.2) is 24.0 Å². The average molecular weight is 379 g/mol. The van der Waals surface area contributed by atoms with Gasteiger partial charge in [-0.2, -0.15) is 0 Å². The maximum absolute atomic E-state index is 12.7. The molecule has 9 atom stereocenters. The van der Waals surface area contributed by atoms with Gasteiger partial charge in [0.15, 0.2) is 0 Å². The van der Waals surface area contributed by atoms with Crippen molar-refractivity contribution in [3.05, 3.63) is 0 Å². The molecule has 0 aromatic heterocycles. The largest absolute Gasteiger partial charge is 0.511 e. The molecular weight excluding hydrogens is 344 g/mol. The topological polar surface area (TPSA) is 61.8 Å². The van der Waals surface area contributed by atoms with Crippen LogP contribution in [0.4, 0.5) is 4.79 Å². The van der Waals surface area contributed by atoms with Gasteiger partial charge in [-0.25, -0.2) is 4.79 Å². The van der Waals surface area contributed by atoms with Gasteiger partial charge in [0.2, 0.25) is 0 Å². The standard InChI is InChI=1S/C22H34O5/c1-5-22(11-15-6-7-17(22)8-15)27-21(24)26-20(25-14(4)23)19-10-16-9-18(19)13(3)12(16)2/h12-13,15-20H,5-11H2,1-4H3. The van der Waals surface area contributed by atoms with Crippen LogP contribution in [0.15, 0.2) is 0 Å². The summed E-state index contributed by atoms with van der Waals surface area (Å²) in [5, 5.41) is 0. The van der Waals surface area contributed by atoms with Crippen molar-refractivity contribution in [2.45, 2.75) is 84.5 Å². The van der Waals surface area contributed by atoms with Gasteiger partial charge in [-0.1, -0.05) is 20.8 Å². The Hall–Kier alpha value is -1.26. The molecule has 5 heteroatoms. The molecule has 4 saturated carbocycles. The molecule has 0 spiro atoms. The van der Waals surface area contributed by atoms with Gasteiger partial charge in [-0.05, 0) is 80.5 Å². The molecule has 0 aromatic carbocycles. The molecule has 27 heavy (non-hydrogen) atoms. The molecule has 9 unspecified atom stereocenters. The highest BCUT2D eigenvalue weighted by Crippen LogP contribution is 2.57. The Morgan fingerprint density at radius 3 is 2.37 bits per heavy atom. The van der Waals surface area contributed by atoms with Crippen molar-refractivity contribution in [2.24, 2.45) is 41.4 Å². The minimum absolute atomic E-state index is 0.0928. The Balaban J connectivity index is 1.43. The molecule has 5 nitrogen and oxygen atoms in total. The van der Waals surface area contributed by atoms with Crippen molar-refractivity contribution in [2.75, 3.05) is 0 Å². The highest BCUT2D eigenvalue weighted by atomic mass is 16.8. The Bertz CT molecular complexity index is 602. The van der Waals surface area contributed by atoms with E-state index in [1.165, 1.54) is 13.3 Å². The van der Waals surface area contributed by atoms with E-state index in [1.807, 2.05) is 0 Å². The maximum Gasteiger partial charge on any atom is 0.511 e. The van der Waals surface area contributed by atoms with Gasteiger partial charge < -0.3 is 14.2 Å². The monoisotopic (exact) mass is 378 g/mol. The maximum atomic E-state index is 12.7. The Morgan fingerprint density at radius 1 is 1.07 bits per heavy atom. The lowest BCUT2D eigenvalue weighted by atomic mass is 9.75. The summed E-state index contributed by atoms with van der Waals surface area (Å²) in [7, 11) is 0. The Morgan fingerprint density at radius 2 is 1.85 bits per heavy atom. The quantitative estimate of drug-likeness (QED) is 0.502. The zero-order valence-corrected chi connectivity index (χ0v) is 17.1. The first-order valence-electron chi connectivity index (χ1n) is 10.9. The predicted octanol–water partition coefficient (Wildman–Crippen LogP) is 4.93. The molecule has 4 aliphatic rings. The number of hydrogen-bond donors (Lipinski definition) is 0. The van der Waals surface area contributed by atoms with E-state index in [0.29, 0.717) is 35.5 Å². The third-order valence-corrected chi connectivity index (χ3v) is 8.60. The first kappa shape index (κ1) is 19.1. The third-order valence-electron chi connectivity index (χ3n) is 8.60. The normalized spacial score (nSPS) is 45.7. The van der Waals surface area contributed by atoms with Crippen molar-refractivity contribution in [1.29, 1.82) is 0 Å². The lowest BCUT2D eigenvalue weighted by molar-refractivity contribution is -0.191. The summed E-state index contributed by atoms with van der Waals surface area (Å²) in [6.07, 6.45) is 5.97. The number of carbonyl (C=O) groups excluding carboxylic acids is 2. The molecule has 0 aliphatic heterocycles. The summed E-state index contributed by atoms with van der Waals surface area (Å²) < 4.78 is 17.1. The van der Waals surface area contributed by atoms with Crippen molar-refractivity contribution in [3.63, 3.8) is 0 Å². The molecule has 4 bridgehead atoms. The second-order valence-electron chi connectivity index (χ2n) is 9.72. The molecule has 152 valence electrons. The molecule has 0 aromatic rings. The zero-order valence-electron chi connectivity index (χ0n) is 17.1. The predicted molar refractivity (Wildman–Crippen MR) is 99.6 cm³/mol. The van der Waals surface area contributed by atoms with E-state index < -0.39 is 18.4 Å². The summed E-state index contributed by atoms with van der Waals surface area (Å²) in [4.78, 5) is 24.4. The molecule has 4 fully saturated rings. The highest BCUT2D eigenvalue weighted by molar-refractivity contribution is 5.66. The van der Waals surface area contributed by atoms with E-state index in [9.17, 15) is 9.59 Å². The minimum atomic E-state index is -0.813. The number of rotatable bonds is 5. The molecular formula is C22H34O5. The summed E-state index contributed by atoms with van der Waals surface area (Å²) in [5.41, 5.74) is -0.378.